The molecule has 180 valence electrons. The maximum Gasteiger partial charge on any atom is 0.235 e. The Morgan fingerprint density at radius 1 is 1.05 bits per heavy atom. The third kappa shape index (κ3) is 2.96. The van der Waals surface area contributed by atoms with Crippen LogP contribution in [0.4, 0.5) is 4.39 Å². The second-order valence-corrected chi connectivity index (χ2v) is 10.5. The van der Waals surface area contributed by atoms with E-state index in [9.17, 15) is 4.79 Å². The van der Waals surface area contributed by atoms with Crippen molar-refractivity contribution in [2.75, 3.05) is 0 Å². The quantitative estimate of drug-likeness (QED) is 0.269. The Balaban J connectivity index is 1.61. The van der Waals surface area contributed by atoms with Gasteiger partial charge in [-0.2, -0.15) is 0 Å². The van der Waals surface area contributed by atoms with Gasteiger partial charge in [0.05, 0.1) is 40.0 Å². The first-order valence-electron chi connectivity index (χ1n) is 12.1. The number of nitrogens with zero attached hydrogens (tertiary/aromatic N) is 5. The average molecular weight is 508 g/mol. The molecule has 1 saturated carbocycles. The molecular weight excluding hydrogens is 489 g/mol. The number of carbonyl (C=O) groups is 1. The van der Waals surface area contributed by atoms with Gasteiger partial charge >= 0.3 is 0 Å². The summed E-state index contributed by atoms with van der Waals surface area (Å²) in [4.78, 5) is 32.8. The van der Waals surface area contributed by atoms with E-state index in [0.717, 1.165) is 39.7 Å². The number of H-pyrrole nitrogens is 2. The molecule has 1 fully saturated rings. The maximum atomic E-state index is 16.1. The van der Waals surface area contributed by atoms with Crippen molar-refractivity contribution in [2.24, 2.45) is 5.92 Å². The summed E-state index contributed by atoms with van der Waals surface area (Å²) in [6.07, 6.45) is 7.58. The van der Waals surface area contributed by atoms with E-state index in [-0.39, 0.29) is 17.3 Å². The lowest BCUT2D eigenvalue weighted by Crippen LogP contribution is -2.27. The van der Waals surface area contributed by atoms with E-state index >= 15 is 4.39 Å². The average Bonchev–Trinajstić information content (AvgIpc) is 3.61. The molecule has 8 rings (SSSR count). The Morgan fingerprint density at radius 3 is 2.84 bits per heavy atom. The van der Waals surface area contributed by atoms with Crippen molar-refractivity contribution in [3.8, 4) is 11.3 Å². The van der Waals surface area contributed by atoms with Crippen LogP contribution in [0.15, 0.2) is 55.0 Å². The fourth-order valence-corrected chi connectivity index (χ4v) is 6.21. The van der Waals surface area contributed by atoms with Crippen LogP contribution in [0.1, 0.15) is 24.1 Å². The summed E-state index contributed by atoms with van der Waals surface area (Å²) in [5.41, 5.74) is 3.83. The van der Waals surface area contributed by atoms with Gasteiger partial charge in [0, 0.05) is 27.6 Å². The van der Waals surface area contributed by atoms with Gasteiger partial charge in [-0.05, 0) is 37.1 Å². The number of pyridine rings is 2. The van der Waals surface area contributed by atoms with Gasteiger partial charge < -0.3 is 0 Å². The van der Waals surface area contributed by atoms with E-state index in [1.165, 1.54) is 11.3 Å². The van der Waals surface area contributed by atoms with E-state index < -0.39 is 5.82 Å². The summed E-state index contributed by atoms with van der Waals surface area (Å²) in [6.45, 7) is 0. The molecule has 0 unspecified atom stereocenters. The summed E-state index contributed by atoms with van der Waals surface area (Å²) in [5.74, 6) is -0.516. The first-order valence-corrected chi connectivity index (χ1v) is 12.9. The number of benzene rings is 1. The van der Waals surface area contributed by atoms with Gasteiger partial charge in [-0.3, -0.25) is 29.5 Å². The first-order chi connectivity index (χ1) is 18.2. The Labute approximate surface area is 211 Å². The van der Waals surface area contributed by atoms with Crippen molar-refractivity contribution in [2.45, 2.75) is 19.3 Å². The molecule has 0 spiro atoms. The van der Waals surface area contributed by atoms with Crippen molar-refractivity contribution in [1.82, 2.24) is 34.7 Å². The molecule has 8 bridgehead atoms. The highest BCUT2D eigenvalue weighted by molar-refractivity contribution is 7.24. The fourth-order valence-electron chi connectivity index (χ4n) is 5.16. The van der Waals surface area contributed by atoms with Crippen LogP contribution in [0.5, 0.6) is 0 Å². The van der Waals surface area contributed by atoms with Crippen molar-refractivity contribution in [3.63, 3.8) is 0 Å². The molecule has 2 aliphatic heterocycles. The molecule has 5 aromatic rings. The SMILES string of the molecule is O=C(C1CCC1)n1c2cncc(c2)c2ncc3[nH][nH]c(c4nc5cccc(c6ccc1s6)c5n4)-c3c2F. The van der Waals surface area contributed by atoms with Gasteiger partial charge in [0.15, 0.2) is 11.5 Å². The predicted octanol–water partition coefficient (Wildman–Crippen LogP) is 6.36. The minimum absolute atomic E-state index is 0.0305. The third-order valence-electron chi connectivity index (χ3n) is 7.28. The van der Waals surface area contributed by atoms with Crippen LogP contribution in [-0.4, -0.2) is 40.6 Å². The number of aromatic nitrogens is 7. The number of imidazole rings is 1. The molecule has 0 atom stereocenters. The third-order valence-corrected chi connectivity index (χ3v) is 8.39. The Morgan fingerprint density at radius 2 is 1.97 bits per heavy atom. The van der Waals surface area contributed by atoms with E-state index in [1.807, 2.05) is 30.3 Å². The summed E-state index contributed by atoms with van der Waals surface area (Å²) in [6, 6.07) is 11.6. The van der Waals surface area contributed by atoms with Crippen LogP contribution in [0.2, 0.25) is 0 Å². The lowest BCUT2D eigenvalue weighted by Gasteiger charge is -2.24. The number of aromatic amines is 2. The van der Waals surface area contributed by atoms with Crippen LogP contribution in [0.25, 0.3) is 64.8 Å². The number of halogens is 1. The largest absolute Gasteiger partial charge is 0.298 e. The Hall–Kier alpha value is -4.44. The molecule has 0 radical (unpaired) electrons. The first kappa shape index (κ1) is 20.7. The Bertz CT molecular complexity index is 2080. The van der Waals surface area contributed by atoms with Gasteiger partial charge in [-0.1, -0.05) is 18.6 Å². The smallest absolute Gasteiger partial charge is 0.235 e. The second kappa shape index (κ2) is 7.53. The minimum Gasteiger partial charge on any atom is -0.298 e. The standard InChI is InChI=1S/C27H18FN7OS/c28-22-21-18-12-30-23(22)14-9-15(11-29-10-14)35(27(36)13-3-1-4-13)20-8-7-19(37-20)16-5-2-6-17-24(16)32-26(31-17)25(21)34-33-18/h2,5-13,33-34H,1,3-4H2. The van der Waals surface area contributed by atoms with E-state index in [0.29, 0.717) is 38.8 Å². The number of hydrogen-bond acceptors (Lipinski definition) is 6. The summed E-state index contributed by atoms with van der Waals surface area (Å²) < 4.78 is 18.8. The highest BCUT2D eigenvalue weighted by atomic mass is 32.1. The van der Waals surface area contributed by atoms with Crippen LogP contribution >= 0.6 is 11.3 Å². The molecule has 10 heteroatoms. The van der Waals surface area contributed by atoms with Gasteiger partial charge in [-0.15, -0.1) is 11.3 Å². The zero-order valence-corrected chi connectivity index (χ0v) is 20.1. The molecule has 0 amide bonds. The highest BCUT2D eigenvalue weighted by Crippen LogP contribution is 2.35. The van der Waals surface area contributed by atoms with Crippen molar-refractivity contribution in [1.29, 1.82) is 0 Å². The number of para-hydroxylation sites is 1. The van der Waals surface area contributed by atoms with Gasteiger partial charge in [-0.25, -0.2) is 14.4 Å². The van der Waals surface area contributed by atoms with Gasteiger partial charge in [0.25, 0.3) is 0 Å². The normalized spacial score (nSPS) is 14.3. The zero-order chi connectivity index (χ0) is 24.7. The van der Waals surface area contributed by atoms with Crippen LogP contribution in [0, 0.1) is 11.7 Å². The monoisotopic (exact) mass is 507 g/mol. The Kier molecular flexibility index (Phi) is 4.22. The lowest BCUT2D eigenvalue weighted by atomic mass is 9.84. The highest BCUT2D eigenvalue weighted by Gasteiger charge is 2.27. The molecule has 1 aliphatic carbocycles. The molecule has 6 heterocycles. The zero-order valence-electron chi connectivity index (χ0n) is 19.3. The summed E-state index contributed by atoms with van der Waals surface area (Å²) in [7, 11) is 0. The van der Waals surface area contributed by atoms with E-state index in [4.69, 9.17) is 9.97 Å². The van der Waals surface area contributed by atoms with Crippen LogP contribution in [-0.2, 0) is 0 Å². The summed E-state index contributed by atoms with van der Waals surface area (Å²) >= 11 is 1.51. The number of rotatable bonds is 1. The van der Waals surface area contributed by atoms with Crippen molar-refractivity contribution < 1.29 is 9.18 Å². The molecule has 4 aromatic heterocycles. The van der Waals surface area contributed by atoms with Crippen molar-refractivity contribution in [3.05, 3.63) is 60.8 Å². The number of fused-ring (bicyclic) bond motifs is 9. The predicted molar refractivity (Wildman–Crippen MR) is 142 cm³/mol. The van der Waals surface area contributed by atoms with Gasteiger partial charge in [0.2, 0.25) is 5.91 Å². The lowest BCUT2D eigenvalue weighted by molar-refractivity contribution is 0.0776. The minimum atomic E-state index is -0.511. The van der Waals surface area contributed by atoms with Gasteiger partial charge in [0.1, 0.15) is 16.0 Å². The van der Waals surface area contributed by atoms with Crippen molar-refractivity contribution >= 4 is 70.8 Å². The number of hydrogen-bond donors (Lipinski definition) is 2. The number of carbonyl (C=O) groups excluding carboxylic acids is 1. The second-order valence-electron chi connectivity index (χ2n) is 9.43. The molecular formula is C27H18FN7OS. The molecule has 1 aromatic carbocycles. The fraction of sp³-hybridized carbons (Fsp3) is 0.148. The number of thiophene rings is 1. The molecule has 3 aliphatic rings. The molecule has 8 nitrogen and oxygen atoms in total. The molecule has 2 N–H and O–H groups in total. The van der Waals surface area contributed by atoms with E-state index in [2.05, 4.69) is 20.2 Å². The maximum absolute atomic E-state index is 16.1. The summed E-state index contributed by atoms with van der Waals surface area (Å²) in [5, 5.41) is 7.42. The number of nitrogens with one attached hydrogen (secondary N) is 2. The molecule has 37 heavy (non-hydrogen) atoms. The topological polar surface area (TPSA) is 105 Å². The molecule has 0 saturated heterocycles. The van der Waals surface area contributed by atoms with E-state index in [1.54, 1.807) is 29.2 Å². The van der Waals surface area contributed by atoms with Crippen LogP contribution in [0.3, 0.4) is 0 Å². The van der Waals surface area contributed by atoms with Crippen LogP contribution < -0.4 is 0 Å².